The van der Waals surface area contributed by atoms with Gasteiger partial charge >= 0.3 is 5.97 Å². The number of para-hydroxylation sites is 3. The number of ether oxygens (including phenoxy) is 2. The minimum absolute atomic E-state index is 0.362. The fourth-order valence-corrected chi connectivity index (χ4v) is 3.84. The Balaban J connectivity index is 1.66. The molecule has 1 aliphatic heterocycles. The SMILES string of the molecule is COC(=O)[C@H]1CN(Cc2nc3ccccc3s2)c2ccccc2O1. The third kappa shape index (κ3) is 2.69. The van der Waals surface area contributed by atoms with Crippen molar-refractivity contribution in [3.8, 4) is 5.75 Å². The fraction of sp³-hybridized carbons (Fsp3) is 0.222. The van der Waals surface area contributed by atoms with Crippen molar-refractivity contribution < 1.29 is 14.3 Å². The summed E-state index contributed by atoms with van der Waals surface area (Å²) in [4.78, 5) is 18.7. The van der Waals surface area contributed by atoms with Gasteiger partial charge in [0.1, 0.15) is 10.8 Å². The van der Waals surface area contributed by atoms with Gasteiger partial charge in [0.25, 0.3) is 0 Å². The van der Waals surface area contributed by atoms with Crippen molar-refractivity contribution in [2.24, 2.45) is 0 Å². The zero-order valence-electron chi connectivity index (χ0n) is 13.1. The van der Waals surface area contributed by atoms with Crippen molar-refractivity contribution in [3.63, 3.8) is 0 Å². The molecule has 5 nitrogen and oxygen atoms in total. The highest BCUT2D eigenvalue weighted by molar-refractivity contribution is 7.18. The zero-order valence-corrected chi connectivity index (χ0v) is 14.0. The minimum atomic E-state index is -0.626. The van der Waals surface area contributed by atoms with Gasteiger partial charge in [-0.15, -0.1) is 11.3 Å². The number of anilines is 1. The Hall–Kier alpha value is -2.60. The van der Waals surface area contributed by atoms with Crippen molar-refractivity contribution in [2.45, 2.75) is 12.6 Å². The lowest BCUT2D eigenvalue weighted by Crippen LogP contribution is -2.44. The number of methoxy groups -OCH3 is 1. The highest BCUT2D eigenvalue weighted by Crippen LogP contribution is 2.35. The summed E-state index contributed by atoms with van der Waals surface area (Å²) in [6, 6.07) is 15.8. The summed E-state index contributed by atoms with van der Waals surface area (Å²) in [5.74, 6) is 0.332. The van der Waals surface area contributed by atoms with Gasteiger partial charge in [-0.3, -0.25) is 0 Å². The van der Waals surface area contributed by atoms with Crippen LogP contribution in [0.3, 0.4) is 0 Å². The highest BCUT2D eigenvalue weighted by atomic mass is 32.1. The number of benzene rings is 2. The molecule has 0 unspecified atom stereocenters. The molecule has 0 spiro atoms. The number of hydrogen-bond acceptors (Lipinski definition) is 6. The van der Waals surface area contributed by atoms with Gasteiger partial charge < -0.3 is 14.4 Å². The zero-order chi connectivity index (χ0) is 16.5. The monoisotopic (exact) mass is 340 g/mol. The molecule has 3 aromatic rings. The maximum Gasteiger partial charge on any atom is 0.348 e. The highest BCUT2D eigenvalue weighted by Gasteiger charge is 2.31. The number of hydrogen-bond donors (Lipinski definition) is 0. The summed E-state index contributed by atoms with van der Waals surface area (Å²) in [5, 5.41) is 1.01. The molecule has 1 atom stereocenters. The molecule has 1 aliphatic rings. The molecule has 2 heterocycles. The van der Waals surface area contributed by atoms with E-state index in [0.717, 1.165) is 16.2 Å². The third-order valence-electron chi connectivity index (χ3n) is 3.99. The first-order valence-corrected chi connectivity index (χ1v) is 8.49. The van der Waals surface area contributed by atoms with Crippen LogP contribution in [-0.4, -0.2) is 30.7 Å². The largest absolute Gasteiger partial charge is 0.475 e. The number of aromatic nitrogens is 1. The lowest BCUT2D eigenvalue weighted by Gasteiger charge is -2.34. The lowest BCUT2D eigenvalue weighted by atomic mass is 10.2. The summed E-state index contributed by atoms with van der Waals surface area (Å²) >= 11 is 1.67. The van der Waals surface area contributed by atoms with Gasteiger partial charge in [-0.1, -0.05) is 24.3 Å². The van der Waals surface area contributed by atoms with Crippen molar-refractivity contribution in [3.05, 3.63) is 53.5 Å². The molecular weight excluding hydrogens is 324 g/mol. The summed E-state index contributed by atoms with van der Waals surface area (Å²) < 4.78 is 11.8. The first-order valence-electron chi connectivity index (χ1n) is 7.67. The molecule has 24 heavy (non-hydrogen) atoms. The van der Waals surface area contributed by atoms with Crippen molar-refractivity contribution in [1.82, 2.24) is 4.98 Å². The molecule has 0 saturated heterocycles. The van der Waals surface area contributed by atoms with Gasteiger partial charge in [-0.05, 0) is 24.3 Å². The topological polar surface area (TPSA) is 51.7 Å². The Kier molecular flexibility index (Phi) is 3.82. The average Bonchev–Trinajstić information content (AvgIpc) is 3.03. The second-order valence-electron chi connectivity index (χ2n) is 5.55. The summed E-state index contributed by atoms with van der Waals surface area (Å²) in [7, 11) is 1.38. The molecule has 0 amide bonds. The van der Waals surface area contributed by atoms with Crippen LogP contribution >= 0.6 is 11.3 Å². The third-order valence-corrected chi connectivity index (χ3v) is 5.01. The molecule has 122 valence electrons. The van der Waals surface area contributed by atoms with Gasteiger partial charge in [0.2, 0.25) is 6.10 Å². The normalized spacial score (nSPS) is 16.5. The molecule has 0 fully saturated rings. The number of nitrogens with zero attached hydrogens (tertiary/aromatic N) is 2. The standard InChI is InChI=1S/C18H16N2O3S/c1-22-18(21)15-10-20(13-7-3-4-8-14(13)23-15)11-17-19-12-6-2-5-9-16(12)24-17/h2-9,15H,10-11H2,1H3/t15-/m1/s1. The molecule has 4 rings (SSSR count). The van der Waals surface area contributed by atoms with Crippen LogP contribution in [0.4, 0.5) is 5.69 Å². The first-order chi connectivity index (χ1) is 11.7. The molecule has 2 aromatic carbocycles. The predicted octanol–water partition coefficient (Wildman–Crippen LogP) is 3.24. The van der Waals surface area contributed by atoms with E-state index >= 15 is 0 Å². The van der Waals surface area contributed by atoms with Crippen LogP contribution in [0.2, 0.25) is 0 Å². The van der Waals surface area contributed by atoms with Crippen LogP contribution in [-0.2, 0) is 16.1 Å². The Morgan fingerprint density at radius 2 is 2.08 bits per heavy atom. The van der Waals surface area contributed by atoms with Crippen LogP contribution in [0.5, 0.6) is 5.75 Å². The smallest absolute Gasteiger partial charge is 0.348 e. The quantitative estimate of drug-likeness (QED) is 0.685. The van der Waals surface area contributed by atoms with Crippen molar-refractivity contribution >= 4 is 33.2 Å². The molecule has 0 saturated carbocycles. The second kappa shape index (κ2) is 6.13. The summed E-state index contributed by atoms with van der Waals surface area (Å²) in [6.07, 6.45) is -0.626. The molecule has 1 aromatic heterocycles. The summed E-state index contributed by atoms with van der Waals surface area (Å²) in [6.45, 7) is 1.08. The van der Waals surface area contributed by atoms with Crippen molar-refractivity contribution in [2.75, 3.05) is 18.6 Å². The second-order valence-corrected chi connectivity index (χ2v) is 6.67. The molecule has 0 radical (unpaired) electrons. The van der Waals surface area contributed by atoms with Gasteiger partial charge in [0, 0.05) is 0 Å². The lowest BCUT2D eigenvalue weighted by molar-refractivity contribution is -0.148. The van der Waals surface area contributed by atoms with Crippen LogP contribution in [0, 0.1) is 0 Å². The van der Waals surface area contributed by atoms with Crippen molar-refractivity contribution in [1.29, 1.82) is 0 Å². The molecule has 0 N–H and O–H groups in total. The first kappa shape index (κ1) is 15.0. The molecule has 6 heteroatoms. The van der Waals surface area contributed by atoms with Gasteiger partial charge in [0.05, 0.1) is 36.1 Å². The maximum atomic E-state index is 11.9. The van der Waals surface area contributed by atoms with E-state index in [9.17, 15) is 4.79 Å². The predicted molar refractivity (Wildman–Crippen MR) is 93.5 cm³/mol. The number of esters is 1. The number of carbonyl (C=O) groups is 1. The van der Waals surface area contributed by atoms with Crippen LogP contribution in [0.1, 0.15) is 5.01 Å². The van der Waals surface area contributed by atoms with Crippen LogP contribution in [0.25, 0.3) is 10.2 Å². The van der Waals surface area contributed by atoms with Gasteiger partial charge in [-0.25, -0.2) is 9.78 Å². The van der Waals surface area contributed by atoms with E-state index < -0.39 is 6.10 Å². The van der Waals surface area contributed by atoms with Crippen LogP contribution < -0.4 is 9.64 Å². The van der Waals surface area contributed by atoms with Gasteiger partial charge in [-0.2, -0.15) is 0 Å². The van der Waals surface area contributed by atoms with Gasteiger partial charge in [0.15, 0.2) is 0 Å². The number of carbonyl (C=O) groups excluding carboxylic acids is 1. The number of fused-ring (bicyclic) bond motifs is 2. The maximum absolute atomic E-state index is 11.9. The molecular formula is C18H16N2O3S. The summed E-state index contributed by atoms with van der Waals surface area (Å²) in [5.41, 5.74) is 1.97. The fourth-order valence-electron chi connectivity index (χ4n) is 2.86. The van der Waals surface area contributed by atoms with E-state index in [1.54, 1.807) is 11.3 Å². The Morgan fingerprint density at radius 3 is 2.92 bits per heavy atom. The molecule has 0 aliphatic carbocycles. The average molecular weight is 340 g/mol. The Bertz CT molecular complexity index is 860. The van der Waals surface area contributed by atoms with E-state index in [1.807, 2.05) is 42.5 Å². The van der Waals surface area contributed by atoms with Crippen LogP contribution in [0.15, 0.2) is 48.5 Å². The Morgan fingerprint density at radius 1 is 1.29 bits per heavy atom. The minimum Gasteiger partial charge on any atom is -0.475 e. The van der Waals surface area contributed by atoms with E-state index in [-0.39, 0.29) is 5.97 Å². The van der Waals surface area contributed by atoms with E-state index in [4.69, 9.17) is 9.47 Å². The van der Waals surface area contributed by atoms with E-state index in [2.05, 4.69) is 16.0 Å². The Labute approximate surface area is 143 Å². The number of thiazole rings is 1. The van der Waals surface area contributed by atoms with E-state index in [0.29, 0.717) is 18.8 Å². The molecule has 0 bridgehead atoms. The number of rotatable bonds is 3. The van der Waals surface area contributed by atoms with E-state index in [1.165, 1.54) is 11.8 Å².